The van der Waals surface area contributed by atoms with Gasteiger partial charge >= 0.3 is 0 Å². The molecule has 0 fully saturated rings. The van der Waals surface area contributed by atoms with Gasteiger partial charge in [0.1, 0.15) is 5.65 Å². The molecule has 0 radical (unpaired) electrons. The maximum absolute atomic E-state index is 12.7. The van der Waals surface area contributed by atoms with Crippen molar-refractivity contribution >= 4 is 46.0 Å². The molecule has 1 aromatic carbocycles. The summed E-state index contributed by atoms with van der Waals surface area (Å²) in [6.45, 7) is 0. The highest BCUT2D eigenvalue weighted by molar-refractivity contribution is 7.98. The lowest BCUT2D eigenvalue weighted by molar-refractivity contribution is 0.889. The zero-order valence-electron chi connectivity index (χ0n) is 11.8. The van der Waals surface area contributed by atoms with Gasteiger partial charge in [-0.3, -0.25) is 4.79 Å². The van der Waals surface area contributed by atoms with Crippen molar-refractivity contribution in [2.75, 3.05) is 6.26 Å². The van der Waals surface area contributed by atoms with E-state index in [9.17, 15) is 4.79 Å². The molecule has 3 rings (SSSR count). The molecule has 0 N–H and O–H groups in total. The van der Waals surface area contributed by atoms with Crippen molar-refractivity contribution < 1.29 is 0 Å². The van der Waals surface area contributed by atoms with E-state index < -0.39 is 0 Å². The lowest BCUT2D eigenvalue weighted by Gasteiger charge is -2.10. The maximum atomic E-state index is 12.7. The van der Waals surface area contributed by atoms with Gasteiger partial charge in [-0.25, -0.2) is 9.97 Å². The summed E-state index contributed by atoms with van der Waals surface area (Å²) in [6, 6.07) is 5.05. The number of thioether (sulfide) groups is 1. The van der Waals surface area contributed by atoms with Crippen molar-refractivity contribution in [1.82, 2.24) is 14.5 Å². The third-order valence-corrected chi connectivity index (χ3v) is 4.42. The Hall–Kier alpha value is -1.56. The second kappa shape index (κ2) is 5.91. The molecule has 0 spiro atoms. The number of halogens is 2. The van der Waals surface area contributed by atoms with Crippen LogP contribution >= 0.6 is 35.0 Å². The Bertz CT molecular complexity index is 940. The average Bonchev–Trinajstić information content (AvgIpc) is 2.53. The van der Waals surface area contributed by atoms with Crippen molar-refractivity contribution in [3.05, 3.63) is 50.9 Å². The molecule has 0 amide bonds. The molecule has 112 valence electrons. The Labute approximate surface area is 141 Å². The van der Waals surface area contributed by atoms with E-state index >= 15 is 0 Å². The number of benzene rings is 1. The Balaban J connectivity index is 2.35. The predicted molar refractivity (Wildman–Crippen MR) is 92.0 cm³/mol. The Kier molecular flexibility index (Phi) is 4.12. The van der Waals surface area contributed by atoms with Crippen molar-refractivity contribution in [3.63, 3.8) is 0 Å². The molecule has 22 heavy (non-hydrogen) atoms. The lowest BCUT2D eigenvalue weighted by atomic mass is 10.1. The van der Waals surface area contributed by atoms with E-state index in [-0.39, 0.29) is 5.43 Å². The highest BCUT2D eigenvalue weighted by atomic mass is 35.5. The summed E-state index contributed by atoms with van der Waals surface area (Å²) >= 11 is 13.7. The van der Waals surface area contributed by atoms with Crippen molar-refractivity contribution in [2.45, 2.75) is 5.16 Å². The second-order valence-corrected chi connectivity index (χ2v) is 6.32. The van der Waals surface area contributed by atoms with Gasteiger partial charge in [-0.15, -0.1) is 0 Å². The van der Waals surface area contributed by atoms with Crippen molar-refractivity contribution in [1.29, 1.82) is 0 Å². The van der Waals surface area contributed by atoms with Crippen molar-refractivity contribution in [2.24, 2.45) is 7.05 Å². The molecule has 0 aliphatic carbocycles. The Morgan fingerprint density at radius 2 is 2.00 bits per heavy atom. The molecular formula is C15H11Cl2N3OS. The number of pyridine rings is 1. The summed E-state index contributed by atoms with van der Waals surface area (Å²) in [7, 11) is 1.83. The first-order valence-corrected chi connectivity index (χ1v) is 8.35. The zero-order valence-corrected chi connectivity index (χ0v) is 14.1. The van der Waals surface area contributed by atoms with Crippen LogP contribution in [0.4, 0.5) is 0 Å². The van der Waals surface area contributed by atoms with Gasteiger partial charge in [-0.2, -0.15) is 0 Å². The van der Waals surface area contributed by atoms with E-state index in [2.05, 4.69) is 9.97 Å². The molecular weight excluding hydrogens is 341 g/mol. The number of hydrogen-bond donors (Lipinski definition) is 0. The van der Waals surface area contributed by atoms with Crippen LogP contribution in [0.1, 0.15) is 0 Å². The van der Waals surface area contributed by atoms with Crippen LogP contribution in [0.25, 0.3) is 22.2 Å². The molecule has 0 bridgehead atoms. The van der Waals surface area contributed by atoms with Gasteiger partial charge in [0.25, 0.3) is 0 Å². The quantitative estimate of drug-likeness (QED) is 0.516. The molecule has 0 aliphatic heterocycles. The molecule has 4 nitrogen and oxygen atoms in total. The fraction of sp³-hybridized carbons (Fsp3) is 0.133. The highest BCUT2D eigenvalue weighted by Gasteiger charge is 2.14. The van der Waals surface area contributed by atoms with E-state index in [4.69, 9.17) is 23.2 Å². The SMILES string of the molecule is CSc1ncc2c(=O)c(-c3cc(Cl)ccc3Cl)cn(C)c2n1. The van der Waals surface area contributed by atoms with Crippen LogP contribution in [-0.4, -0.2) is 20.8 Å². The van der Waals surface area contributed by atoms with Crippen LogP contribution in [0.15, 0.2) is 40.5 Å². The summed E-state index contributed by atoms with van der Waals surface area (Å²) in [5.41, 5.74) is 1.50. The number of aromatic nitrogens is 3. The molecule has 0 saturated carbocycles. The van der Waals surface area contributed by atoms with Crippen molar-refractivity contribution in [3.8, 4) is 11.1 Å². The number of aryl methyl sites for hydroxylation is 1. The number of hydrogen-bond acceptors (Lipinski definition) is 4. The van der Waals surface area contributed by atoms with Crippen LogP contribution in [0.3, 0.4) is 0 Å². The van der Waals surface area contributed by atoms with E-state index in [1.165, 1.54) is 11.8 Å². The summed E-state index contributed by atoms with van der Waals surface area (Å²) in [6.07, 6.45) is 5.16. The number of fused-ring (bicyclic) bond motifs is 1. The Morgan fingerprint density at radius 3 is 2.73 bits per heavy atom. The van der Waals surface area contributed by atoms with Crippen LogP contribution in [-0.2, 0) is 7.05 Å². The molecule has 0 saturated heterocycles. The highest BCUT2D eigenvalue weighted by Crippen LogP contribution is 2.29. The fourth-order valence-electron chi connectivity index (χ4n) is 2.24. The summed E-state index contributed by atoms with van der Waals surface area (Å²) in [4.78, 5) is 21.3. The van der Waals surface area contributed by atoms with Crippen LogP contribution in [0.2, 0.25) is 10.0 Å². The van der Waals surface area contributed by atoms with Crippen LogP contribution in [0, 0.1) is 0 Å². The van der Waals surface area contributed by atoms with Gasteiger partial charge < -0.3 is 4.57 Å². The predicted octanol–water partition coefficient (Wildman–Crippen LogP) is 4.02. The Morgan fingerprint density at radius 1 is 1.23 bits per heavy atom. The van der Waals surface area contributed by atoms with Crippen LogP contribution in [0.5, 0.6) is 0 Å². The van der Waals surface area contributed by atoms with Gasteiger partial charge in [0.05, 0.1) is 5.39 Å². The van der Waals surface area contributed by atoms with E-state index in [0.717, 1.165) is 0 Å². The minimum Gasteiger partial charge on any atom is -0.335 e. The average molecular weight is 352 g/mol. The van der Waals surface area contributed by atoms with Gasteiger partial charge in [0.2, 0.25) is 0 Å². The van der Waals surface area contributed by atoms with E-state index in [1.54, 1.807) is 35.2 Å². The normalized spacial score (nSPS) is 11.1. The second-order valence-electron chi connectivity index (χ2n) is 4.70. The first kappa shape index (κ1) is 15.3. The lowest BCUT2D eigenvalue weighted by Crippen LogP contribution is -2.12. The number of nitrogens with zero attached hydrogens (tertiary/aromatic N) is 3. The smallest absolute Gasteiger partial charge is 0.200 e. The van der Waals surface area contributed by atoms with Gasteiger partial charge in [0, 0.05) is 40.6 Å². The van der Waals surface area contributed by atoms with Gasteiger partial charge in [0.15, 0.2) is 10.6 Å². The molecule has 0 unspecified atom stereocenters. The van der Waals surface area contributed by atoms with Gasteiger partial charge in [-0.05, 0) is 24.5 Å². The topological polar surface area (TPSA) is 47.8 Å². The first-order chi connectivity index (χ1) is 10.5. The van der Waals surface area contributed by atoms with E-state index in [0.29, 0.717) is 37.4 Å². The monoisotopic (exact) mass is 351 g/mol. The largest absolute Gasteiger partial charge is 0.335 e. The molecule has 3 aromatic rings. The molecule has 7 heteroatoms. The number of rotatable bonds is 2. The molecule has 2 heterocycles. The van der Waals surface area contributed by atoms with E-state index in [1.807, 2.05) is 13.3 Å². The summed E-state index contributed by atoms with van der Waals surface area (Å²) < 4.78 is 1.80. The molecule has 0 atom stereocenters. The third kappa shape index (κ3) is 2.60. The minimum atomic E-state index is -0.162. The maximum Gasteiger partial charge on any atom is 0.200 e. The molecule has 2 aromatic heterocycles. The minimum absolute atomic E-state index is 0.162. The summed E-state index contributed by atoms with van der Waals surface area (Å²) in [5.74, 6) is 0. The third-order valence-electron chi connectivity index (χ3n) is 3.29. The summed E-state index contributed by atoms with van der Waals surface area (Å²) in [5, 5.41) is 2.07. The standard InChI is InChI=1S/C15H11Cl2N3OS/c1-20-7-11(9-5-8(16)3-4-12(9)17)13(21)10-6-18-15(22-2)19-14(10)20/h3-7H,1-2H3. The molecule has 0 aliphatic rings. The zero-order chi connectivity index (χ0) is 15.9. The fourth-order valence-corrected chi connectivity index (χ4v) is 2.97. The first-order valence-electron chi connectivity index (χ1n) is 6.37. The van der Waals surface area contributed by atoms with Crippen LogP contribution < -0.4 is 5.43 Å². The van der Waals surface area contributed by atoms with Gasteiger partial charge in [-0.1, -0.05) is 35.0 Å².